The molecule has 0 spiro atoms. The summed E-state index contributed by atoms with van der Waals surface area (Å²) in [4.78, 5) is 0. The Morgan fingerprint density at radius 3 is 2.75 bits per heavy atom. The van der Waals surface area contributed by atoms with E-state index < -0.39 is 0 Å². The maximum atomic E-state index is 5.45. The zero-order chi connectivity index (χ0) is 11.1. The van der Waals surface area contributed by atoms with Gasteiger partial charge in [0.15, 0.2) is 0 Å². The molecule has 2 aromatic rings. The first-order valence-electron chi connectivity index (χ1n) is 5.64. The lowest BCUT2D eigenvalue weighted by molar-refractivity contribution is 0.420. The lowest BCUT2D eigenvalue weighted by Gasteiger charge is -2.11. The molecule has 82 valence electrons. The number of hydrogen-bond donors (Lipinski definition) is 1. The molecule has 0 aromatic heterocycles. The molecule has 3 rings (SSSR count). The minimum Gasteiger partial charge on any atom is -0.496 e. The van der Waals surface area contributed by atoms with E-state index in [1.165, 1.54) is 22.0 Å². The van der Waals surface area contributed by atoms with Gasteiger partial charge in [-0.05, 0) is 10.9 Å². The van der Waals surface area contributed by atoms with E-state index >= 15 is 0 Å². The average Bonchev–Trinajstić information content (AvgIpc) is 2.70. The summed E-state index contributed by atoms with van der Waals surface area (Å²) >= 11 is 0. The van der Waals surface area contributed by atoms with E-state index in [4.69, 9.17) is 4.74 Å². The molecule has 1 N–H and O–H groups in total. The maximum absolute atomic E-state index is 5.45. The second-order valence-electron chi connectivity index (χ2n) is 4.37. The fourth-order valence-corrected chi connectivity index (χ4v) is 2.58. The lowest BCUT2D eigenvalue weighted by Crippen LogP contribution is -1.96. The van der Waals surface area contributed by atoms with E-state index in [2.05, 4.69) is 42.6 Å². The van der Waals surface area contributed by atoms with Crippen LogP contribution in [0.2, 0.25) is 0 Å². The zero-order valence-electron chi connectivity index (χ0n) is 9.58. The molecule has 1 unspecified atom stereocenters. The Kier molecular flexibility index (Phi) is 2.03. The number of fused-ring (bicyclic) bond motifs is 3. The number of hydrogen-bond acceptors (Lipinski definition) is 2. The van der Waals surface area contributed by atoms with E-state index in [-0.39, 0.29) is 0 Å². The number of methoxy groups -OCH3 is 1. The largest absolute Gasteiger partial charge is 0.496 e. The van der Waals surface area contributed by atoms with Gasteiger partial charge in [-0.25, -0.2) is 0 Å². The minimum absolute atomic E-state index is 0.575. The predicted octanol–water partition coefficient (Wildman–Crippen LogP) is 3.38. The minimum atomic E-state index is 0.575. The van der Waals surface area contributed by atoms with Gasteiger partial charge in [-0.15, -0.1) is 0 Å². The summed E-state index contributed by atoms with van der Waals surface area (Å²) in [5.74, 6) is 1.53. The van der Waals surface area contributed by atoms with Crippen LogP contribution < -0.4 is 10.1 Å². The van der Waals surface area contributed by atoms with Crippen molar-refractivity contribution in [3.05, 3.63) is 35.9 Å². The van der Waals surface area contributed by atoms with Crippen molar-refractivity contribution in [2.24, 2.45) is 0 Å². The Balaban J connectivity index is 2.41. The SMILES string of the molecule is COc1cc2c(c3ccccc13)C(C)CN2. The highest BCUT2D eigenvalue weighted by molar-refractivity contribution is 5.96. The van der Waals surface area contributed by atoms with Gasteiger partial charge in [-0.2, -0.15) is 0 Å². The van der Waals surface area contributed by atoms with Crippen LogP contribution in [0.5, 0.6) is 5.75 Å². The predicted molar refractivity (Wildman–Crippen MR) is 67.4 cm³/mol. The molecule has 0 radical (unpaired) electrons. The number of benzene rings is 2. The third kappa shape index (κ3) is 1.19. The van der Waals surface area contributed by atoms with Gasteiger partial charge in [0.25, 0.3) is 0 Å². The van der Waals surface area contributed by atoms with Gasteiger partial charge in [-0.1, -0.05) is 31.2 Å². The Labute approximate surface area is 95.2 Å². The number of ether oxygens (including phenoxy) is 1. The highest BCUT2D eigenvalue weighted by Gasteiger charge is 2.22. The molecule has 1 aliphatic rings. The van der Waals surface area contributed by atoms with Crippen molar-refractivity contribution in [1.29, 1.82) is 0 Å². The third-order valence-electron chi connectivity index (χ3n) is 3.36. The van der Waals surface area contributed by atoms with Gasteiger partial charge in [0.1, 0.15) is 5.75 Å². The normalized spacial score (nSPS) is 18.2. The summed E-state index contributed by atoms with van der Waals surface area (Å²) in [7, 11) is 1.73. The van der Waals surface area contributed by atoms with Gasteiger partial charge in [0, 0.05) is 29.6 Å². The zero-order valence-corrected chi connectivity index (χ0v) is 9.58. The van der Waals surface area contributed by atoms with Crippen molar-refractivity contribution in [3.63, 3.8) is 0 Å². The molecule has 0 fully saturated rings. The maximum Gasteiger partial charge on any atom is 0.128 e. The molecule has 0 bridgehead atoms. The molecular weight excluding hydrogens is 198 g/mol. The summed E-state index contributed by atoms with van der Waals surface area (Å²) in [6.07, 6.45) is 0. The van der Waals surface area contributed by atoms with Crippen LogP contribution >= 0.6 is 0 Å². The Morgan fingerprint density at radius 1 is 1.25 bits per heavy atom. The van der Waals surface area contributed by atoms with Gasteiger partial charge < -0.3 is 10.1 Å². The fourth-order valence-electron chi connectivity index (χ4n) is 2.58. The van der Waals surface area contributed by atoms with Crippen LogP contribution in [0, 0.1) is 0 Å². The van der Waals surface area contributed by atoms with Crippen LogP contribution in [0.25, 0.3) is 10.8 Å². The van der Waals surface area contributed by atoms with E-state index in [1.54, 1.807) is 7.11 Å². The van der Waals surface area contributed by atoms with E-state index in [1.807, 2.05) is 0 Å². The van der Waals surface area contributed by atoms with Gasteiger partial charge in [0.2, 0.25) is 0 Å². The Hall–Kier alpha value is -1.70. The van der Waals surface area contributed by atoms with Crippen molar-refractivity contribution in [1.82, 2.24) is 0 Å². The third-order valence-corrected chi connectivity index (χ3v) is 3.36. The van der Waals surface area contributed by atoms with Crippen molar-refractivity contribution in [2.75, 3.05) is 19.0 Å². The second-order valence-corrected chi connectivity index (χ2v) is 4.37. The van der Waals surface area contributed by atoms with Gasteiger partial charge >= 0.3 is 0 Å². The molecule has 0 amide bonds. The van der Waals surface area contributed by atoms with Crippen molar-refractivity contribution >= 4 is 16.5 Å². The summed E-state index contributed by atoms with van der Waals surface area (Å²) < 4.78 is 5.45. The van der Waals surface area contributed by atoms with Crippen LogP contribution in [0.3, 0.4) is 0 Å². The molecule has 2 heteroatoms. The Morgan fingerprint density at radius 2 is 2.00 bits per heavy atom. The number of nitrogens with one attached hydrogen (secondary N) is 1. The van der Waals surface area contributed by atoms with E-state index in [9.17, 15) is 0 Å². The monoisotopic (exact) mass is 213 g/mol. The topological polar surface area (TPSA) is 21.3 Å². The first-order chi connectivity index (χ1) is 7.81. The van der Waals surface area contributed by atoms with Crippen LogP contribution in [-0.4, -0.2) is 13.7 Å². The van der Waals surface area contributed by atoms with E-state index in [0.29, 0.717) is 5.92 Å². The average molecular weight is 213 g/mol. The summed E-state index contributed by atoms with van der Waals surface area (Å²) in [6, 6.07) is 10.6. The van der Waals surface area contributed by atoms with Crippen molar-refractivity contribution in [3.8, 4) is 5.75 Å². The summed E-state index contributed by atoms with van der Waals surface area (Å²) in [6.45, 7) is 3.28. The van der Waals surface area contributed by atoms with Crippen LogP contribution in [0.15, 0.2) is 30.3 Å². The molecule has 1 aliphatic heterocycles. The van der Waals surface area contributed by atoms with Gasteiger partial charge in [-0.3, -0.25) is 0 Å². The highest BCUT2D eigenvalue weighted by atomic mass is 16.5. The van der Waals surface area contributed by atoms with Crippen LogP contribution in [-0.2, 0) is 0 Å². The molecular formula is C14H15NO. The molecule has 1 atom stereocenters. The molecule has 16 heavy (non-hydrogen) atoms. The molecule has 0 saturated carbocycles. The number of rotatable bonds is 1. The van der Waals surface area contributed by atoms with Crippen LogP contribution in [0.1, 0.15) is 18.4 Å². The molecule has 2 nitrogen and oxygen atoms in total. The first kappa shape index (κ1) is 9.52. The smallest absolute Gasteiger partial charge is 0.128 e. The molecule has 2 aromatic carbocycles. The lowest BCUT2D eigenvalue weighted by atomic mass is 9.95. The second kappa shape index (κ2) is 3.41. The van der Waals surface area contributed by atoms with E-state index in [0.717, 1.165) is 12.3 Å². The molecule has 1 heterocycles. The van der Waals surface area contributed by atoms with Crippen molar-refractivity contribution in [2.45, 2.75) is 12.8 Å². The Bertz CT molecular complexity index is 548. The standard InChI is InChI=1S/C14H15NO/c1-9-8-15-12-7-13(16-2)10-5-3-4-6-11(10)14(9)12/h3-7,9,15H,8H2,1-2H3. The fraction of sp³-hybridized carbons (Fsp3) is 0.286. The van der Waals surface area contributed by atoms with Crippen molar-refractivity contribution < 1.29 is 4.74 Å². The van der Waals surface area contributed by atoms with Crippen LogP contribution in [0.4, 0.5) is 5.69 Å². The van der Waals surface area contributed by atoms with Gasteiger partial charge in [0.05, 0.1) is 7.11 Å². The highest BCUT2D eigenvalue weighted by Crippen LogP contribution is 2.41. The molecule has 0 aliphatic carbocycles. The summed E-state index contributed by atoms with van der Waals surface area (Å²) in [5, 5.41) is 5.96. The quantitative estimate of drug-likeness (QED) is 0.784. The molecule has 0 saturated heterocycles. The number of anilines is 1. The first-order valence-corrected chi connectivity index (χ1v) is 5.64. The summed E-state index contributed by atoms with van der Waals surface area (Å²) in [5.41, 5.74) is 2.65.